The van der Waals surface area contributed by atoms with Crippen LogP contribution in [0.1, 0.15) is 70.7 Å². The van der Waals surface area contributed by atoms with Crippen molar-refractivity contribution in [3.05, 3.63) is 89.5 Å². The molecule has 0 aromatic heterocycles. The second kappa shape index (κ2) is 10.1. The fourth-order valence-corrected chi connectivity index (χ4v) is 13.0. The smallest absolute Gasteiger partial charge is 0.0125 e. The molecule has 5 radical (unpaired) electrons. The van der Waals surface area contributed by atoms with E-state index in [0.29, 0.717) is 5.66 Å². The third-order valence-corrected chi connectivity index (χ3v) is 12.5. The van der Waals surface area contributed by atoms with Gasteiger partial charge in [-0.25, -0.2) is 0 Å². The molecular weight excluding hydrogens is 434 g/mol. The van der Waals surface area contributed by atoms with Crippen LogP contribution in [0.3, 0.4) is 0 Å². The lowest BCUT2D eigenvalue weighted by Crippen LogP contribution is -2.33. The van der Waals surface area contributed by atoms with Gasteiger partial charge in [-0.05, 0) is 87.4 Å². The molecular formula is C31H43P2. The van der Waals surface area contributed by atoms with Crippen molar-refractivity contribution in [1.82, 2.24) is 0 Å². The quantitative estimate of drug-likeness (QED) is 0.378. The fraction of sp³-hybridized carbons (Fsp3) is 0.452. The van der Waals surface area contributed by atoms with Gasteiger partial charge in [0.1, 0.15) is 0 Å². The van der Waals surface area contributed by atoms with E-state index in [9.17, 15) is 0 Å². The molecule has 1 unspecified atom stereocenters. The van der Waals surface area contributed by atoms with Gasteiger partial charge in [0, 0.05) is 5.66 Å². The van der Waals surface area contributed by atoms with E-state index in [1.165, 1.54) is 32.9 Å². The second-order valence-corrected chi connectivity index (χ2v) is 18.2. The standard InChI is InChI=1S/C31H43P2/c1-21-15-22(2)18-26(17-21)32(27-19-23(3)16-24(4)20-27)25(5)28-13-12-14-29(28)33(30(6,7)8)31(9,10)11/h12-20,25H,1-11H3. The predicted molar refractivity (Wildman–Crippen MR) is 153 cm³/mol. The van der Waals surface area contributed by atoms with Gasteiger partial charge >= 0.3 is 0 Å². The van der Waals surface area contributed by atoms with Gasteiger partial charge < -0.3 is 0 Å². The van der Waals surface area contributed by atoms with Crippen molar-refractivity contribution in [1.29, 1.82) is 0 Å². The van der Waals surface area contributed by atoms with Gasteiger partial charge in [0.2, 0.25) is 0 Å². The van der Waals surface area contributed by atoms with Crippen LogP contribution in [0.15, 0.2) is 36.4 Å². The molecule has 1 aliphatic carbocycles. The Labute approximate surface area is 207 Å². The molecule has 0 saturated heterocycles. The fourth-order valence-electron chi connectivity index (χ4n) is 5.63. The summed E-state index contributed by atoms with van der Waals surface area (Å²) in [5, 5.41) is 3.53. The summed E-state index contributed by atoms with van der Waals surface area (Å²) in [6.07, 6.45) is 7.17. The molecule has 0 bridgehead atoms. The second-order valence-electron chi connectivity index (χ2n) is 11.8. The van der Waals surface area contributed by atoms with Crippen LogP contribution in [0.4, 0.5) is 0 Å². The normalized spacial score (nSPS) is 17.4. The topological polar surface area (TPSA) is 0 Å². The molecule has 0 spiro atoms. The average molecular weight is 478 g/mol. The highest BCUT2D eigenvalue weighted by molar-refractivity contribution is 7.74. The first-order valence-corrected chi connectivity index (χ1v) is 15.0. The van der Waals surface area contributed by atoms with Crippen LogP contribution in [0.25, 0.3) is 0 Å². The summed E-state index contributed by atoms with van der Waals surface area (Å²) in [5.41, 5.74) is 7.53. The van der Waals surface area contributed by atoms with E-state index in [0.717, 1.165) is 0 Å². The van der Waals surface area contributed by atoms with E-state index in [4.69, 9.17) is 0 Å². The third-order valence-electron chi connectivity index (χ3n) is 6.21. The summed E-state index contributed by atoms with van der Waals surface area (Å²) in [5.74, 6) is 1.57. The summed E-state index contributed by atoms with van der Waals surface area (Å²) >= 11 is 0. The minimum atomic E-state index is -0.530. The first-order valence-electron chi connectivity index (χ1n) is 12.2. The molecule has 0 amide bonds. The van der Waals surface area contributed by atoms with Crippen LogP contribution in [0.5, 0.6) is 0 Å². The van der Waals surface area contributed by atoms with Crippen molar-refractivity contribution in [2.24, 2.45) is 0 Å². The number of benzene rings is 2. The minimum absolute atomic E-state index is 0.263. The van der Waals surface area contributed by atoms with Crippen molar-refractivity contribution >= 4 is 26.5 Å². The Bertz CT molecular complexity index is 854. The lowest BCUT2D eigenvalue weighted by Gasteiger charge is -2.48. The molecule has 0 N–H and O–H groups in total. The van der Waals surface area contributed by atoms with Crippen LogP contribution in [-0.2, 0) is 0 Å². The molecule has 1 aliphatic rings. The van der Waals surface area contributed by atoms with Gasteiger partial charge in [-0.15, -0.1) is 0 Å². The highest BCUT2D eigenvalue weighted by Crippen LogP contribution is 2.72. The molecule has 1 atom stereocenters. The van der Waals surface area contributed by atoms with Crippen LogP contribution in [0.2, 0.25) is 0 Å². The van der Waals surface area contributed by atoms with Crippen LogP contribution in [0, 0.1) is 58.5 Å². The monoisotopic (exact) mass is 477 g/mol. The molecule has 0 aliphatic heterocycles. The van der Waals surface area contributed by atoms with Gasteiger partial charge in [-0.2, -0.15) is 0 Å². The molecule has 3 rings (SSSR count). The highest BCUT2D eigenvalue weighted by atomic mass is 31.1. The third kappa shape index (κ3) is 6.30. The Hall–Kier alpha value is -0.700. The first kappa shape index (κ1) is 26.9. The summed E-state index contributed by atoms with van der Waals surface area (Å²) in [7, 11) is -0.861. The first-order chi connectivity index (χ1) is 15.2. The molecule has 1 fully saturated rings. The minimum Gasteiger partial charge on any atom is -0.0874 e. The number of rotatable bonds is 5. The van der Waals surface area contributed by atoms with Gasteiger partial charge in [-0.1, -0.05) is 115 Å². The molecule has 1 saturated carbocycles. The Balaban J connectivity index is 2.11. The van der Waals surface area contributed by atoms with Gasteiger partial charge in [0.05, 0.1) is 0 Å². The zero-order valence-electron chi connectivity index (χ0n) is 22.7. The zero-order valence-corrected chi connectivity index (χ0v) is 24.5. The van der Waals surface area contributed by atoms with E-state index in [-0.39, 0.29) is 18.2 Å². The van der Waals surface area contributed by atoms with E-state index < -0.39 is 7.92 Å². The predicted octanol–water partition coefficient (Wildman–Crippen LogP) is 8.55. The largest absolute Gasteiger partial charge is 0.0874 e. The van der Waals surface area contributed by atoms with Crippen molar-refractivity contribution < 1.29 is 0 Å². The maximum atomic E-state index is 2.48. The lowest BCUT2D eigenvalue weighted by atomic mass is 10.0. The van der Waals surface area contributed by atoms with Gasteiger partial charge in [-0.3, -0.25) is 0 Å². The molecule has 0 heterocycles. The molecule has 2 aromatic rings. The molecule has 33 heavy (non-hydrogen) atoms. The summed E-state index contributed by atoms with van der Waals surface area (Å²) in [4.78, 5) is 0. The van der Waals surface area contributed by atoms with Gasteiger partial charge in [0.15, 0.2) is 0 Å². The van der Waals surface area contributed by atoms with Crippen molar-refractivity contribution in [3.63, 3.8) is 0 Å². The Kier molecular flexibility index (Phi) is 8.24. The highest BCUT2D eigenvalue weighted by Gasteiger charge is 2.48. The van der Waals surface area contributed by atoms with Crippen molar-refractivity contribution in [2.45, 2.75) is 92.1 Å². The van der Waals surface area contributed by atoms with Crippen LogP contribution < -0.4 is 10.6 Å². The Morgan fingerprint density at radius 2 is 1.00 bits per heavy atom. The van der Waals surface area contributed by atoms with E-state index in [2.05, 4.69) is 132 Å². The van der Waals surface area contributed by atoms with E-state index in [1.807, 2.05) is 0 Å². The number of aryl methyl sites for hydroxylation is 4. The van der Waals surface area contributed by atoms with E-state index in [1.54, 1.807) is 11.6 Å². The van der Waals surface area contributed by atoms with Crippen molar-refractivity contribution in [3.8, 4) is 0 Å². The van der Waals surface area contributed by atoms with Crippen molar-refractivity contribution in [2.75, 3.05) is 0 Å². The molecule has 2 aromatic carbocycles. The summed E-state index contributed by atoms with van der Waals surface area (Å²) in [6, 6.07) is 14.3. The number of hydrogen-bond donors (Lipinski definition) is 0. The van der Waals surface area contributed by atoms with Gasteiger partial charge in [0.25, 0.3) is 0 Å². The molecule has 2 heteroatoms. The molecule has 0 nitrogen and oxygen atoms in total. The average Bonchev–Trinajstić information content (AvgIpc) is 3.06. The Morgan fingerprint density at radius 1 is 0.606 bits per heavy atom. The van der Waals surface area contributed by atoms with Crippen LogP contribution in [-0.4, -0.2) is 16.0 Å². The zero-order chi connectivity index (χ0) is 24.7. The molecule has 177 valence electrons. The SMILES string of the molecule is Cc1cc(C)cc(P(c2cc(C)cc(C)c2)C(C)[C]2[CH][CH][CH][C]2P(C(C)(C)C)C(C)(C)C)c1. The summed E-state index contributed by atoms with van der Waals surface area (Å²) < 4.78 is 0. The van der Waals surface area contributed by atoms with E-state index >= 15 is 0 Å². The van der Waals surface area contributed by atoms with Crippen LogP contribution >= 0.6 is 15.8 Å². The maximum absolute atomic E-state index is 2.48. The summed E-state index contributed by atoms with van der Waals surface area (Å²) in [6.45, 7) is 26.0. The lowest BCUT2D eigenvalue weighted by molar-refractivity contribution is 0.704. The maximum Gasteiger partial charge on any atom is 0.0125 e. The number of hydrogen-bond acceptors (Lipinski definition) is 0. The Morgan fingerprint density at radius 3 is 1.36 bits per heavy atom.